The van der Waals surface area contributed by atoms with Gasteiger partial charge in [0, 0.05) is 6.61 Å². The van der Waals surface area contributed by atoms with Crippen molar-refractivity contribution in [1.29, 1.82) is 0 Å². The van der Waals surface area contributed by atoms with Crippen LogP contribution in [0.25, 0.3) is 0 Å². The van der Waals surface area contributed by atoms with Crippen LogP contribution in [0.4, 0.5) is 70.2 Å². The highest BCUT2D eigenvalue weighted by molar-refractivity contribution is 5.54. The Morgan fingerprint density at radius 1 is 0.379 bits per heavy atom. The number of aliphatic hydroxyl groups excluding tert-OH is 1. The van der Waals surface area contributed by atoms with E-state index in [9.17, 15) is 70.2 Å². The minimum absolute atomic E-state index is 0.250. The summed E-state index contributed by atoms with van der Waals surface area (Å²) in [5.74, 6) is -47.5. The molecule has 0 aromatic heterocycles. The third-order valence-corrected chi connectivity index (χ3v) is 5.19. The van der Waals surface area contributed by atoms with E-state index in [1.807, 2.05) is 0 Å². The quantitative estimate of drug-likeness (QED) is 0.511. The van der Waals surface area contributed by atoms with Gasteiger partial charge >= 0.3 is 58.2 Å². The molecule has 4 bridgehead atoms. The van der Waals surface area contributed by atoms with E-state index in [1.54, 1.807) is 6.92 Å². The first kappa shape index (κ1) is 24.1. The smallest absolute Gasteiger partial charge is 0.339 e. The fourth-order valence-corrected chi connectivity index (χ4v) is 3.79. The van der Waals surface area contributed by atoms with E-state index in [-0.39, 0.29) is 6.61 Å². The Hall–Kier alpha value is -1.16. The Balaban J connectivity index is 0.000000941. The molecule has 1 N–H and O–H groups in total. The van der Waals surface area contributed by atoms with Crippen molar-refractivity contribution in [3.63, 3.8) is 0 Å². The van der Waals surface area contributed by atoms with Crippen LogP contribution in [0.15, 0.2) is 0 Å². The van der Waals surface area contributed by atoms with Crippen molar-refractivity contribution in [2.45, 2.75) is 65.1 Å². The second-order valence-corrected chi connectivity index (χ2v) is 6.40. The number of halogens is 16. The average Bonchev–Trinajstić information content (AvgIpc) is 2.54. The second kappa shape index (κ2) is 5.00. The van der Waals surface area contributed by atoms with E-state index < -0.39 is 58.2 Å². The van der Waals surface area contributed by atoms with Gasteiger partial charge in [-0.2, -0.15) is 52.7 Å². The van der Waals surface area contributed by atoms with Gasteiger partial charge in [0.25, 0.3) is 0 Å². The van der Waals surface area contributed by atoms with Gasteiger partial charge < -0.3 is 5.11 Å². The second-order valence-electron chi connectivity index (χ2n) is 6.40. The highest BCUT2D eigenvalue weighted by atomic mass is 19.4. The SMILES string of the molecule is CCO.FC1(F)C2(F)C(F)(F)C3(F)C(F)(F)C1(F)C(F)(F)C(F)(C2(F)F)C3(F)F. The summed E-state index contributed by atoms with van der Waals surface area (Å²) in [6, 6.07) is 0. The average molecular weight is 470 g/mol. The lowest BCUT2D eigenvalue weighted by molar-refractivity contribution is -0.607. The molecule has 172 valence electrons. The zero-order chi connectivity index (χ0) is 23.7. The minimum Gasteiger partial charge on any atom is -0.397 e. The van der Waals surface area contributed by atoms with Gasteiger partial charge in [0.2, 0.25) is 0 Å². The van der Waals surface area contributed by atoms with Gasteiger partial charge in [0.1, 0.15) is 0 Å². The van der Waals surface area contributed by atoms with Gasteiger partial charge in [-0.05, 0) is 6.92 Å². The molecule has 0 aromatic carbocycles. The fraction of sp³-hybridized carbons (Fsp3) is 1.00. The van der Waals surface area contributed by atoms with E-state index in [0.29, 0.717) is 0 Å². The lowest BCUT2D eigenvalue weighted by Gasteiger charge is -2.72. The topological polar surface area (TPSA) is 20.2 Å². The van der Waals surface area contributed by atoms with Gasteiger partial charge in [0.15, 0.2) is 0 Å². The predicted molar refractivity (Wildman–Crippen MR) is 57.8 cm³/mol. The van der Waals surface area contributed by atoms with Crippen LogP contribution < -0.4 is 0 Å². The molecule has 0 heterocycles. The van der Waals surface area contributed by atoms with Crippen molar-refractivity contribution in [3.8, 4) is 0 Å². The predicted octanol–water partition coefficient (Wildman–Crippen LogP) is 4.67. The van der Waals surface area contributed by atoms with Crippen molar-refractivity contribution in [2.24, 2.45) is 0 Å². The molecular weight excluding hydrogens is 464 g/mol. The molecule has 4 saturated carbocycles. The van der Waals surface area contributed by atoms with E-state index in [0.717, 1.165) is 0 Å². The van der Waals surface area contributed by atoms with Crippen LogP contribution in [0.5, 0.6) is 0 Å². The summed E-state index contributed by atoms with van der Waals surface area (Å²) in [5.41, 5.74) is -31.3. The van der Waals surface area contributed by atoms with Crippen LogP contribution in [0.1, 0.15) is 6.92 Å². The molecule has 0 spiro atoms. The summed E-state index contributed by atoms with van der Waals surface area (Å²) in [6.45, 7) is 1.93. The molecule has 4 rings (SSSR count). The number of alkyl halides is 16. The molecule has 0 atom stereocenters. The lowest BCUT2D eigenvalue weighted by Crippen LogP contribution is -3.08. The summed E-state index contributed by atoms with van der Waals surface area (Å²) in [7, 11) is 0. The summed E-state index contributed by atoms with van der Waals surface area (Å²) in [5, 5.41) is 7.57. The Kier molecular flexibility index (Phi) is 4.16. The van der Waals surface area contributed by atoms with E-state index in [2.05, 4.69) is 0 Å². The highest BCUT2D eigenvalue weighted by Crippen LogP contribution is 2.88. The van der Waals surface area contributed by atoms with Gasteiger partial charge in [-0.3, -0.25) is 0 Å². The number of aliphatic hydroxyl groups is 1. The standard InChI is InChI=1S/C10F16.C2H6O/c11-1-5(15,16)2(12)8(21,22)3(13,6(1,17)18)10(25,26)4(14,7(1,19)20)9(2,23)24;1-2-3/h;3H,2H2,1H3. The molecule has 29 heavy (non-hydrogen) atoms. The van der Waals surface area contributed by atoms with Crippen molar-refractivity contribution in [3.05, 3.63) is 0 Å². The van der Waals surface area contributed by atoms with E-state index >= 15 is 0 Å². The molecule has 0 aromatic rings. The summed E-state index contributed by atoms with van der Waals surface area (Å²) < 4.78 is 219. The van der Waals surface area contributed by atoms with Crippen LogP contribution in [0.2, 0.25) is 0 Å². The Morgan fingerprint density at radius 3 is 0.517 bits per heavy atom. The Bertz CT molecular complexity index is 530. The highest BCUT2D eigenvalue weighted by Gasteiger charge is 3.23. The largest absolute Gasteiger partial charge is 0.397 e. The van der Waals surface area contributed by atoms with Crippen LogP contribution in [-0.4, -0.2) is 69.9 Å². The number of hydrogen-bond acceptors (Lipinski definition) is 1. The first-order chi connectivity index (χ1) is 12.4. The summed E-state index contributed by atoms with van der Waals surface area (Å²) >= 11 is 0. The minimum atomic E-state index is -7.91. The zero-order valence-corrected chi connectivity index (χ0v) is 13.2. The lowest BCUT2D eigenvalue weighted by atomic mass is 9.41. The fourth-order valence-electron chi connectivity index (χ4n) is 3.79. The first-order valence-corrected chi connectivity index (χ1v) is 7.05. The number of rotatable bonds is 0. The molecule has 0 amide bonds. The maximum absolute atomic E-state index is 14.0. The third kappa shape index (κ3) is 1.45. The molecular formula is C12H6F16O. The molecule has 1 nitrogen and oxygen atoms in total. The normalized spacial score (nSPS) is 48.6. The summed E-state index contributed by atoms with van der Waals surface area (Å²) in [6.07, 6.45) is 0. The van der Waals surface area contributed by atoms with Crippen LogP contribution in [0, 0.1) is 0 Å². The third-order valence-electron chi connectivity index (χ3n) is 5.19. The summed E-state index contributed by atoms with van der Waals surface area (Å²) in [4.78, 5) is 0. The van der Waals surface area contributed by atoms with Crippen molar-refractivity contribution < 1.29 is 75.4 Å². The molecule has 4 aliphatic carbocycles. The Morgan fingerprint density at radius 2 is 0.448 bits per heavy atom. The van der Waals surface area contributed by atoms with Crippen molar-refractivity contribution in [1.82, 2.24) is 0 Å². The van der Waals surface area contributed by atoms with Crippen LogP contribution in [0.3, 0.4) is 0 Å². The maximum atomic E-state index is 14.0. The Labute approximate surface area is 148 Å². The van der Waals surface area contributed by atoms with Crippen LogP contribution >= 0.6 is 0 Å². The van der Waals surface area contributed by atoms with E-state index in [1.165, 1.54) is 0 Å². The maximum Gasteiger partial charge on any atom is 0.339 e. The molecule has 0 saturated heterocycles. The molecule has 4 fully saturated rings. The van der Waals surface area contributed by atoms with Gasteiger partial charge in [-0.25, -0.2) is 17.6 Å². The monoisotopic (exact) mass is 470 g/mol. The van der Waals surface area contributed by atoms with Crippen LogP contribution in [-0.2, 0) is 0 Å². The molecule has 17 heteroatoms. The first-order valence-electron chi connectivity index (χ1n) is 7.05. The van der Waals surface area contributed by atoms with Gasteiger partial charge in [-0.1, -0.05) is 0 Å². The van der Waals surface area contributed by atoms with E-state index in [4.69, 9.17) is 5.11 Å². The van der Waals surface area contributed by atoms with Gasteiger partial charge in [-0.15, -0.1) is 0 Å². The van der Waals surface area contributed by atoms with Gasteiger partial charge in [0.05, 0.1) is 0 Å². The zero-order valence-electron chi connectivity index (χ0n) is 13.2. The van der Waals surface area contributed by atoms with Crippen molar-refractivity contribution in [2.75, 3.05) is 6.61 Å². The molecule has 0 unspecified atom stereocenters. The molecule has 0 aliphatic heterocycles. The molecule has 4 aliphatic rings. The number of hydrogen-bond donors (Lipinski definition) is 1. The van der Waals surface area contributed by atoms with Crippen molar-refractivity contribution >= 4 is 0 Å². The molecule has 0 radical (unpaired) electrons.